The van der Waals surface area contributed by atoms with Crippen LogP contribution in [0.4, 0.5) is 5.69 Å². The van der Waals surface area contributed by atoms with Gasteiger partial charge < -0.3 is 9.64 Å². The number of aryl methyl sites for hydroxylation is 1. The largest absolute Gasteiger partial charge is 0.372 e. The first-order valence-electron chi connectivity index (χ1n) is 5.91. The minimum absolute atomic E-state index is 0.144. The van der Waals surface area contributed by atoms with Gasteiger partial charge in [-0.2, -0.15) is 5.26 Å². The van der Waals surface area contributed by atoms with Gasteiger partial charge in [-0.25, -0.2) is 0 Å². The molecular formula is C14H18N2O. The van der Waals surface area contributed by atoms with Crippen molar-refractivity contribution in [1.82, 2.24) is 0 Å². The molecule has 0 radical (unpaired) electrons. The molecule has 1 aromatic carbocycles. The van der Waals surface area contributed by atoms with E-state index >= 15 is 0 Å². The average Bonchev–Trinajstić information content (AvgIpc) is 2.27. The second kappa shape index (κ2) is 4.38. The lowest BCUT2D eigenvalue weighted by molar-refractivity contribution is -0.0277. The molecule has 2 rings (SSSR count). The lowest BCUT2D eigenvalue weighted by atomic mass is 10.0. The van der Waals surface area contributed by atoms with Crippen molar-refractivity contribution in [3.05, 3.63) is 29.3 Å². The Balaban J connectivity index is 2.33. The predicted octanol–water partition coefficient (Wildman–Crippen LogP) is 2.48. The number of ether oxygens (including phenoxy) is 1. The molecule has 0 aromatic heterocycles. The molecule has 1 aliphatic rings. The predicted molar refractivity (Wildman–Crippen MR) is 68.1 cm³/mol. The van der Waals surface area contributed by atoms with E-state index in [-0.39, 0.29) is 5.60 Å². The van der Waals surface area contributed by atoms with Crippen LogP contribution in [0.1, 0.15) is 25.0 Å². The number of morpholine rings is 1. The summed E-state index contributed by atoms with van der Waals surface area (Å²) < 4.78 is 5.70. The number of nitrogens with zero attached hydrogens (tertiary/aromatic N) is 2. The van der Waals surface area contributed by atoms with Crippen LogP contribution >= 0.6 is 0 Å². The van der Waals surface area contributed by atoms with Gasteiger partial charge in [0.25, 0.3) is 0 Å². The van der Waals surface area contributed by atoms with Gasteiger partial charge in [0.05, 0.1) is 23.5 Å². The number of hydrogen-bond donors (Lipinski definition) is 0. The molecule has 0 amide bonds. The van der Waals surface area contributed by atoms with Gasteiger partial charge in [-0.05, 0) is 38.5 Å². The number of benzene rings is 1. The standard InChI is InChI=1S/C14H18N2O/c1-11-4-5-12(9-15)13(8-11)16-6-7-17-14(2,3)10-16/h4-5,8H,6-7,10H2,1-3H3. The molecule has 0 atom stereocenters. The van der Waals surface area contributed by atoms with Crippen molar-refractivity contribution in [3.63, 3.8) is 0 Å². The van der Waals surface area contributed by atoms with Crippen LogP contribution in [-0.4, -0.2) is 25.3 Å². The van der Waals surface area contributed by atoms with Gasteiger partial charge in [-0.15, -0.1) is 0 Å². The molecule has 1 aromatic rings. The van der Waals surface area contributed by atoms with Gasteiger partial charge in [-0.3, -0.25) is 0 Å². The molecule has 0 aliphatic carbocycles. The summed E-state index contributed by atoms with van der Waals surface area (Å²) in [6.45, 7) is 8.61. The number of rotatable bonds is 1. The van der Waals surface area contributed by atoms with E-state index in [1.165, 1.54) is 5.56 Å². The molecule has 0 spiro atoms. The summed E-state index contributed by atoms with van der Waals surface area (Å²) in [5.41, 5.74) is 2.81. The van der Waals surface area contributed by atoms with Crippen LogP contribution < -0.4 is 4.90 Å². The molecule has 1 heterocycles. The smallest absolute Gasteiger partial charge is 0.101 e. The van der Waals surface area contributed by atoms with Gasteiger partial charge >= 0.3 is 0 Å². The van der Waals surface area contributed by atoms with Crippen molar-refractivity contribution < 1.29 is 4.74 Å². The Morgan fingerprint density at radius 3 is 2.82 bits per heavy atom. The summed E-state index contributed by atoms with van der Waals surface area (Å²) >= 11 is 0. The first-order valence-corrected chi connectivity index (χ1v) is 5.91. The highest BCUT2D eigenvalue weighted by molar-refractivity contribution is 5.61. The molecule has 0 unspecified atom stereocenters. The first-order chi connectivity index (χ1) is 8.02. The average molecular weight is 230 g/mol. The molecule has 0 bridgehead atoms. The third-order valence-corrected chi connectivity index (χ3v) is 3.04. The normalized spacial score (nSPS) is 18.8. The summed E-state index contributed by atoms with van der Waals surface area (Å²) in [4.78, 5) is 2.25. The van der Waals surface area contributed by atoms with Gasteiger partial charge in [0.2, 0.25) is 0 Å². The van der Waals surface area contributed by atoms with E-state index in [1.807, 2.05) is 12.1 Å². The zero-order chi connectivity index (χ0) is 12.5. The molecule has 3 nitrogen and oxygen atoms in total. The van der Waals surface area contributed by atoms with Gasteiger partial charge in [0.1, 0.15) is 6.07 Å². The van der Waals surface area contributed by atoms with Crippen LogP contribution in [-0.2, 0) is 4.74 Å². The van der Waals surface area contributed by atoms with Crippen LogP contribution in [0.15, 0.2) is 18.2 Å². The zero-order valence-electron chi connectivity index (χ0n) is 10.7. The summed E-state index contributed by atoms with van der Waals surface area (Å²) in [7, 11) is 0. The second-order valence-corrected chi connectivity index (χ2v) is 5.16. The second-order valence-electron chi connectivity index (χ2n) is 5.16. The highest BCUT2D eigenvalue weighted by Crippen LogP contribution is 2.26. The van der Waals surface area contributed by atoms with Crippen LogP contribution in [0.3, 0.4) is 0 Å². The third-order valence-electron chi connectivity index (χ3n) is 3.04. The molecule has 0 saturated carbocycles. The van der Waals surface area contributed by atoms with Crippen molar-refractivity contribution in [2.24, 2.45) is 0 Å². The van der Waals surface area contributed by atoms with Crippen molar-refractivity contribution in [3.8, 4) is 6.07 Å². The van der Waals surface area contributed by atoms with Gasteiger partial charge in [0, 0.05) is 13.1 Å². The van der Waals surface area contributed by atoms with E-state index in [4.69, 9.17) is 10.00 Å². The lowest BCUT2D eigenvalue weighted by Crippen LogP contribution is -2.48. The van der Waals surface area contributed by atoms with E-state index in [1.54, 1.807) is 0 Å². The number of anilines is 1. The molecule has 90 valence electrons. The summed E-state index contributed by atoms with van der Waals surface area (Å²) in [6, 6.07) is 8.22. The SMILES string of the molecule is Cc1ccc(C#N)c(N2CCOC(C)(C)C2)c1. The molecular weight excluding hydrogens is 212 g/mol. The minimum Gasteiger partial charge on any atom is -0.372 e. The van der Waals surface area contributed by atoms with Crippen LogP contribution in [0.2, 0.25) is 0 Å². The van der Waals surface area contributed by atoms with E-state index in [9.17, 15) is 0 Å². The Hall–Kier alpha value is -1.53. The number of nitriles is 1. The molecule has 1 aliphatic heterocycles. The fraction of sp³-hybridized carbons (Fsp3) is 0.500. The lowest BCUT2D eigenvalue weighted by Gasteiger charge is -2.39. The Morgan fingerprint density at radius 2 is 2.18 bits per heavy atom. The van der Waals surface area contributed by atoms with Crippen LogP contribution in [0.5, 0.6) is 0 Å². The topological polar surface area (TPSA) is 36.3 Å². The highest BCUT2D eigenvalue weighted by atomic mass is 16.5. The Kier molecular flexibility index (Phi) is 3.08. The molecule has 1 fully saturated rings. The molecule has 1 saturated heterocycles. The quantitative estimate of drug-likeness (QED) is 0.743. The Bertz CT molecular complexity index is 460. The first kappa shape index (κ1) is 11.9. The fourth-order valence-electron chi connectivity index (χ4n) is 2.22. The number of hydrogen-bond acceptors (Lipinski definition) is 3. The minimum atomic E-state index is -0.144. The fourth-order valence-corrected chi connectivity index (χ4v) is 2.22. The van der Waals surface area contributed by atoms with E-state index in [0.29, 0.717) is 6.61 Å². The third kappa shape index (κ3) is 2.59. The Labute approximate surface area is 103 Å². The zero-order valence-corrected chi connectivity index (χ0v) is 10.7. The van der Waals surface area contributed by atoms with Crippen molar-refractivity contribution in [1.29, 1.82) is 5.26 Å². The maximum atomic E-state index is 9.16. The molecule has 3 heteroatoms. The highest BCUT2D eigenvalue weighted by Gasteiger charge is 2.28. The van der Waals surface area contributed by atoms with E-state index in [2.05, 4.69) is 37.8 Å². The van der Waals surface area contributed by atoms with E-state index < -0.39 is 0 Å². The van der Waals surface area contributed by atoms with Crippen molar-refractivity contribution in [2.45, 2.75) is 26.4 Å². The maximum Gasteiger partial charge on any atom is 0.101 e. The van der Waals surface area contributed by atoms with Gasteiger partial charge in [0.15, 0.2) is 0 Å². The monoisotopic (exact) mass is 230 g/mol. The van der Waals surface area contributed by atoms with Crippen LogP contribution in [0.25, 0.3) is 0 Å². The van der Waals surface area contributed by atoms with Crippen molar-refractivity contribution in [2.75, 3.05) is 24.6 Å². The van der Waals surface area contributed by atoms with Gasteiger partial charge in [-0.1, -0.05) is 6.07 Å². The maximum absolute atomic E-state index is 9.16. The van der Waals surface area contributed by atoms with Crippen molar-refractivity contribution >= 4 is 5.69 Å². The van der Waals surface area contributed by atoms with Crippen LogP contribution in [0, 0.1) is 18.3 Å². The summed E-state index contributed by atoms with van der Waals surface area (Å²) in [5, 5.41) is 9.16. The summed E-state index contributed by atoms with van der Waals surface area (Å²) in [5.74, 6) is 0. The Morgan fingerprint density at radius 1 is 1.41 bits per heavy atom. The molecule has 17 heavy (non-hydrogen) atoms. The van der Waals surface area contributed by atoms with E-state index in [0.717, 1.165) is 24.3 Å². The molecule has 0 N–H and O–H groups in total. The summed E-state index contributed by atoms with van der Waals surface area (Å²) in [6.07, 6.45) is 0.